The first-order valence-electron chi connectivity index (χ1n) is 6.24. The van der Waals surface area contributed by atoms with Crippen molar-refractivity contribution in [1.29, 1.82) is 0 Å². The van der Waals surface area contributed by atoms with Crippen molar-refractivity contribution < 1.29 is 23.4 Å². The lowest BCUT2D eigenvalue weighted by Gasteiger charge is -2.11. The number of ketones is 1. The lowest BCUT2D eigenvalue weighted by atomic mass is 10.1. The number of hydrogen-bond acceptors (Lipinski definition) is 6. The minimum absolute atomic E-state index is 0.195. The zero-order valence-electron chi connectivity index (χ0n) is 12.1. The first kappa shape index (κ1) is 14.9. The lowest BCUT2D eigenvalue weighted by Crippen LogP contribution is -2.06. The number of anilines is 1. The SMILES string of the molecule is COCc1ccc(C(=O)c2cc(OC)c(OC)cc2N)o1. The zero-order chi connectivity index (χ0) is 15.4. The third kappa shape index (κ3) is 3.00. The van der Waals surface area contributed by atoms with Gasteiger partial charge < -0.3 is 24.4 Å². The smallest absolute Gasteiger partial charge is 0.230 e. The van der Waals surface area contributed by atoms with E-state index in [0.29, 0.717) is 35.1 Å². The fourth-order valence-electron chi connectivity index (χ4n) is 1.94. The van der Waals surface area contributed by atoms with Gasteiger partial charge in [-0.1, -0.05) is 0 Å². The van der Waals surface area contributed by atoms with E-state index in [1.165, 1.54) is 20.3 Å². The van der Waals surface area contributed by atoms with E-state index in [9.17, 15) is 4.79 Å². The van der Waals surface area contributed by atoms with Crippen molar-refractivity contribution in [3.8, 4) is 11.5 Å². The highest BCUT2D eigenvalue weighted by molar-refractivity contribution is 6.11. The van der Waals surface area contributed by atoms with E-state index in [0.717, 1.165) is 0 Å². The average molecular weight is 291 g/mol. The molecule has 2 rings (SSSR count). The van der Waals surface area contributed by atoms with E-state index in [2.05, 4.69) is 0 Å². The summed E-state index contributed by atoms with van der Waals surface area (Å²) in [5.41, 5.74) is 6.49. The number of carbonyl (C=O) groups is 1. The monoisotopic (exact) mass is 291 g/mol. The molecule has 0 radical (unpaired) electrons. The Hall–Kier alpha value is -2.47. The number of carbonyl (C=O) groups excluding carboxylic acids is 1. The molecule has 0 aliphatic rings. The number of furan rings is 1. The third-order valence-electron chi connectivity index (χ3n) is 2.97. The molecule has 0 amide bonds. The van der Waals surface area contributed by atoms with Crippen molar-refractivity contribution in [2.45, 2.75) is 6.61 Å². The largest absolute Gasteiger partial charge is 0.493 e. The average Bonchev–Trinajstić information content (AvgIpc) is 2.95. The minimum atomic E-state index is -0.323. The Balaban J connectivity index is 2.37. The van der Waals surface area contributed by atoms with Crippen molar-refractivity contribution in [1.82, 2.24) is 0 Å². The highest BCUT2D eigenvalue weighted by Gasteiger charge is 2.19. The fourth-order valence-corrected chi connectivity index (χ4v) is 1.94. The van der Waals surface area contributed by atoms with E-state index < -0.39 is 0 Å². The summed E-state index contributed by atoms with van der Waals surface area (Å²) in [4.78, 5) is 12.4. The summed E-state index contributed by atoms with van der Waals surface area (Å²) >= 11 is 0. The van der Waals surface area contributed by atoms with E-state index in [1.807, 2.05) is 0 Å². The molecule has 6 nitrogen and oxygen atoms in total. The Morgan fingerprint density at radius 1 is 1.14 bits per heavy atom. The molecular weight excluding hydrogens is 274 g/mol. The zero-order valence-corrected chi connectivity index (χ0v) is 12.1. The number of hydrogen-bond donors (Lipinski definition) is 1. The van der Waals surface area contributed by atoms with Crippen molar-refractivity contribution >= 4 is 11.5 Å². The van der Waals surface area contributed by atoms with Gasteiger partial charge in [0.25, 0.3) is 0 Å². The van der Waals surface area contributed by atoms with Crippen LogP contribution < -0.4 is 15.2 Å². The van der Waals surface area contributed by atoms with Gasteiger partial charge in [-0.25, -0.2) is 0 Å². The van der Waals surface area contributed by atoms with Crippen molar-refractivity contribution in [3.63, 3.8) is 0 Å². The number of nitrogen functional groups attached to an aromatic ring is 1. The predicted molar refractivity (Wildman–Crippen MR) is 76.8 cm³/mol. The number of methoxy groups -OCH3 is 3. The maximum absolute atomic E-state index is 12.4. The Kier molecular flexibility index (Phi) is 4.49. The van der Waals surface area contributed by atoms with Crippen LogP contribution in [-0.2, 0) is 11.3 Å². The van der Waals surface area contributed by atoms with Gasteiger partial charge in [0.05, 0.1) is 19.8 Å². The summed E-state index contributed by atoms with van der Waals surface area (Å²) in [5, 5.41) is 0. The van der Waals surface area contributed by atoms with Crippen LogP contribution in [0.4, 0.5) is 5.69 Å². The minimum Gasteiger partial charge on any atom is -0.493 e. The molecule has 1 aromatic carbocycles. The molecule has 6 heteroatoms. The van der Waals surface area contributed by atoms with E-state index in [4.69, 9.17) is 24.4 Å². The van der Waals surface area contributed by atoms with Gasteiger partial charge in [-0.05, 0) is 18.2 Å². The molecule has 1 aromatic heterocycles. The first-order valence-corrected chi connectivity index (χ1v) is 6.24. The van der Waals surface area contributed by atoms with Gasteiger partial charge in [0.2, 0.25) is 5.78 Å². The number of benzene rings is 1. The summed E-state index contributed by atoms with van der Waals surface area (Å²) < 4.78 is 20.7. The van der Waals surface area contributed by atoms with Crippen LogP contribution in [0, 0.1) is 0 Å². The van der Waals surface area contributed by atoms with Gasteiger partial charge in [0.15, 0.2) is 17.3 Å². The Labute approximate surface area is 122 Å². The molecule has 0 bridgehead atoms. The molecule has 0 atom stereocenters. The van der Waals surface area contributed by atoms with Gasteiger partial charge >= 0.3 is 0 Å². The molecule has 1 heterocycles. The van der Waals surface area contributed by atoms with E-state index in [1.54, 1.807) is 25.3 Å². The second-order valence-electron chi connectivity index (χ2n) is 4.32. The summed E-state index contributed by atoms with van der Waals surface area (Å²) in [5.74, 6) is 1.33. The van der Waals surface area contributed by atoms with Crippen LogP contribution in [0.5, 0.6) is 11.5 Å². The molecule has 0 fully saturated rings. The second-order valence-corrected chi connectivity index (χ2v) is 4.32. The third-order valence-corrected chi connectivity index (χ3v) is 2.97. The quantitative estimate of drug-likeness (QED) is 0.649. The van der Waals surface area contributed by atoms with Crippen LogP contribution in [0.15, 0.2) is 28.7 Å². The van der Waals surface area contributed by atoms with Crippen LogP contribution in [0.3, 0.4) is 0 Å². The Bertz CT molecular complexity index is 648. The molecule has 21 heavy (non-hydrogen) atoms. The van der Waals surface area contributed by atoms with Crippen LogP contribution in [0.1, 0.15) is 21.9 Å². The van der Waals surface area contributed by atoms with Gasteiger partial charge in [-0.2, -0.15) is 0 Å². The molecule has 0 aliphatic carbocycles. The lowest BCUT2D eigenvalue weighted by molar-refractivity contribution is 0.100. The number of nitrogens with two attached hydrogens (primary N) is 1. The highest BCUT2D eigenvalue weighted by atomic mass is 16.5. The van der Waals surface area contributed by atoms with E-state index in [-0.39, 0.29) is 11.5 Å². The Morgan fingerprint density at radius 3 is 2.43 bits per heavy atom. The van der Waals surface area contributed by atoms with Crippen LogP contribution in [0.25, 0.3) is 0 Å². The van der Waals surface area contributed by atoms with Crippen LogP contribution >= 0.6 is 0 Å². The van der Waals surface area contributed by atoms with Crippen molar-refractivity contribution in [2.24, 2.45) is 0 Å². The maximum Gasteiger partial charge on any atom is 0.230 e. The molecular formula is C15H17NO5. The Morgan fingerprint density at radius 2 is 1.81 bits per heavy atom. The predicted octanol–water partition coefficient (Wildman–Crippen LogP) is 2.26. The normalized spacial score (nSPS) is 10.4. The van der Waals surface area contributed by atoms with Crippen molar-refractivity contribution in [2.75, 3.05) is 27.1 Å². The summed E-state index contributed by atoms with van der Waals surface area (Å²) in [7, 11) is 4.55. The first-order chi connectivity index (χ1) is 10.1. The van der Waals surface area contributed by atoms with Crippen molar-refractivity contribution in [3.05, 3.63) is 41.3 Å². The van der Waals surface area contributed by atoms with Gasteiger partial charge in [0.1, 0.15) is 12.4 Å². The summed E-state index contributed by atoms with van der Waals surface area (Å²) in [6.45, 7) is 0.300. The van der Waals surface area contributed by atoms with Gasteiger partial charge in [0, 0.05) is 18.9 Å². The molecule has 0 saturated carbocycles. The molecule has 0 spiro atoms. The second kappa shape index (κ2) is 6.32. The maximum atomic E-state index is 12.4. The molecule has 2 N–H and O–H groups in total. The van der Waals surface area contributed by atoms with Gasteiger partial charge in [-0.15, -0.1) is 0 Å². The standard InChI is InChI=1S/C15H17NO5/c1-18-8-9-4-5-12(21-9)15(17)10-6-13(19-2)14(20-3)7-11(10)16/h4-7H,8,16H2,1-3H3. The molecule has 112 valence electrons. The molecule has 0 unspecified atom stereocenters. The fraction of sp³-hybridized carbons (Fsp3) is 0.267. The summed E-state index contributed by atoms with van der Waals surface area (Å²) in [6.07, 6.45) is 0. The molecule has 0 aliphatic heterocycles. The summed E-state index contributed by atoms with van der Waals surface area (Å²) in [6, 6.07) is 6.36. The number of ether oxygens (including phenoxy) is 3. The van der Waals surface area contributed by atoms with Crippen LogP contribution in [0.2, 0.25) is 0 Å². The van der Waals surface area contributed by atoms with E-state index >= 15 is 0 Å². The number of rotatable bonds is 6. The van der Waals surface area contributed by atoms with Gasteiger partial charge in [-0.3, -0.25) is 4.79 Å². The molecule has 0 saturated heterocycles. The topological polar surface area (TPSA) is 83.9 Å². The van der Waals surface area contributed by atoms with Crippen LogP contribution in [-0.4, -0.2) is 27.1 Å². The molecule has 2 aromatic rings. The highest BCUT2D eigenvalue weighted by Crippen LogP contribution is 2.33.